The van der Waals surface area contributed by atoms with E-state index in [2.05, 4.69) is 101 Å². The Morgan fingerprint density at radius 1 is 0.310 bits per heavy atom. The third kappa shape index (κ3) is 4.43. The van der Waals surface area contributed by atoms with Crippen molar-refractivity contribution in [2.45, 2.75) is 0 Å². The lowest BCUT2D eigenvalue weighted by molar-refractivity contribution is 1.07. The van der Waals surface area contributed by atoms with E-state index in [1.807, 2.05) is 42.6 Å². The molecule has 0 N–H and O–H groups in total. The van der Waals surface area contributed by atoms with E-state index >= 15 is 0 Å². The molecule has 0 spiro atoms. The van der Waals surface area contributed by atoms with E-state index in [4.69, 9.17) is 15.0 Å². The first-order valence-electron chi connectivity index (χ1n) is 13.8. The van der Waals surface area contributed by atoms with Crippen LogP contribution in [0.2, 0.25) is 0 Å². The Hall–Kier alpha value is -5.81. The highest BCUT2D eigenvalue weighted by molar-refractivity contribution is 5.88. The van der Waals surface area contributed by atoms with E-state index in [1.54, 1.807) is 6.20 Å². The van der Waals surface area contributed by atoms with Crippen LogP contribution in [0.3, 0.4) is 0 Å². The zero-order chi connectivity index (χ0) is 27.9. The molecule has 0 bridgehead atoms. The Morgan fingerprint density at radius 3 is 1.43 bits per heavy atom. The highest BCUT2D eigenvalue weighted by Gasteiger charge is 2.14. The topological polar surface area (TPSA) is 64.5 Å². The molecule has 0 saturated carbocycles. The maximum atomic E-state index is 4.97. The Kier molecular flexibility index (Phi) is 5.71. The van der Waals surface area contributed by atoms with E-state index < -0.39 is 0 Å². The minimum Gasteiger partial charge on any atom is -0.256 e. The van der Waals surface area contributed by atoms with Crippen molar-refractivity contribution in [3.05, 3.63) is 140 Å². The van der Waals surface area contributed by atoms with Crippen molar-refractivity contribution in [3.63, 3.8) is 0 Å². The highest BCUT2D eigenvalue weighted by atomic mass is 15.0. The number of hydrogen-bond acceptors (Lipinski definition) is 5. The van der Waals surface area contributed by atoms with Gasteiger partial charge < -0.3 is 0 Å². The van der Waals surface area contributed by atoms with Crippen LogP contribution < -0.4 is 0 Å². The SMILES string of the molecule is c1ccc2cc(-c3nc(-c4ccc(-c5ccc6ncccc6c5)cc4)nc(-c4ccc5ncccc5c4)n3)ccc2c1. The minimum absolute atomic E-state index is 0.625. The third-order valence-corrected chi connectivity index (χ3v) is 7.58. The lowest BCUT2D eigenvalue weighted by atomic mass is 10.0. The van der Waals surface area contributed by atoms with E-state index in [-0.39, 0.29) is 0 Å². The first-order chi connectivity index (χ1) is 20.8. The average Bonchev–Trinajstić information content (AvgIpc) is 3.07. The van der Waals surface area contributed by atoms with E-state index in [1.165, 1.54) is 5.39 Å². The standard InChI is InChI=1S/C37H23N5/c1-2-6-27-22-31(14-11-24(27)5-1)36-40-35(41-37(42-36)32-16-18-34-30(23-32)8-4-20-39-34)26-12-9-25(10-13-26)28-15-17-33-29(21-28)7-3-19-38-33/h1-23H. The molecule has 3 aromatic heterocycles. The van der Waals surface area contributed by atoms with Crippen LogP contribution in [0.25, 0.3) is 77.9 Å². The van der Waals surface area contributed by atoms with Crippen molar-refractivity contribution < 1.29 is 0 Å². The summed E-state index contributed by atoms with van der Waals surface area (Å²) in [5, 5.41) is 4.48. The maximum Gasteiger partial charge on any atom is 0.164 e. The fourth-order valence-electron chi connectivity index (χ4n) is 5.37. The van der Waals surface area contributed by atoms with Gasteiger partial charge in [0.1, 0.15) is 0 Å². The number of nitrogens with zero attached hydrogens (tertiary/aromatic N) is 5. The third-order valence-electron chi connectivity index (χ3n) is 7.58. The summed E-state index contributed by atoms with van der Waals surface area (Å²) in [6.45, 7) is 0. The largest absolute Gasteiger partial charge is 0.256 e. The fourth-order valence-corrected chi connectivity index (χ4v) is 5.37. The molecule has 0 aliphatic carbocycles. The molecule has 8 rings (SSSR count). The molecule has 0 unspecified atom stereocenters. The lowest BCUT2D eigenvalue weighted by Gasteiger charge is -2.10. The molecule has 5 nitrogen and oxygen atoms in total. The molecule has 0 fully saturated rings. The molecule has 0 aliphatic rings. The van der Waals surface area contributed by atoms with Gasteiger partial charge >= 0.3 is 0 Å². The predicted molar refractivity (Wildman–Crippen MR) is 170 cm³/mol. The molecule has 0 saturated heterocycles. The second-order valence-electron chi connectivity index (χ2n) is 10.3. The van der Waals surface area contributed by atoms with Gasteiger partial charge in [-0.3, -0.25) is 9.97 Å². The van der Waals surface area contributed by atoms with Gasteiger partial charge in [0, 0.05) is 39.9 Å². The molecule has 196 valence electrons. The summed E-state index contributed by atoms with van der Waals surface area (Å²) >= 11 is 0. The normalized spacial score (nSPS) is 11.3. The number of pyridine rings is 2. The van der Waals surface area contributed by atoms with Gasteiger partial charge in [0.05, 0.1) is 11.0 Å². The quantitative estimate of drug-likeness (QED) is 0.224. The molecule has 5 aromatic carbocycles. The number of hydrogen-bond donors (Lipinski definition) is 0. The summed E-state index contributed by atoms with van der Waals surface area (Å²) < 4.78 is 0. The summed E-state index contributed by atoms with van der Waals surface area (Å²) in [4.78, 5) is 23.8. The molecule has 0 atom stereocenters. The van der Waals surface area contributed by atoms with Crippen molar-refractivity contribution in [2.24, 2.45) is 0 Å². The molecule has 8 aromatic rings. The lowest BCUT2D eigenvalue weighted by Crippen LogP contribution is -2.00. The van der Waals surface area contributed by atoms with Gasteiger partial charge in [0.2, 0.25) is 0 Å². The van der Waals surface area contributed by atoms with Gasteiger partial charge in [0.25, 0.3) is 0 Å². The van der Waals surface area contributed by atoms with Crippen LogP contribution in [0.5, 0.6) is 0 Å². The maximum absolute atomic E-state index is 4.97. The van der Waals surface area contributed by atoms with Crippen molar-refractivity contribution in [3.8, 4) is 45.3 Å². The molecule has 0 aliphatic heterocycles. The van der Waals surface area contributed by atoms with Crippen molar-refractivity contribution in [1.82, 2.24) is 24.9 Å². The van der Waals surface area contributed by atoms with Crippen LogP contribution in [0, 0.1) is 0 Å². The summed E-state index contributed by atoms with van der Waals surface area (Å²) in [7, 11) is 0. The van der Waals surface area contributed by atoms with Crippen LogP contribution in [0.1, 0.15) is 0 Å². The van der Waals surface area contributed by atoms with Gasteiger partial charge in [-0.1, -0.05) is 78.9 Å². The van der Waals surface area contributed by atoms with Gasteiger partial charge in [0.15, 0.2) is 17.5 Å². The summed E-state index contributed by atoms with van der Waals surface area (Å²) in [5.41, 5.74) is 6.97. The predicted octanol–water partition coefficient (Wildman–Crippen LogP) is 8.79. The van der Waals surface area contributed by atoms with Crippen LogP contribution >= 0.6 is 0 Å². The van der Waals surface area contributed by atoms with Gasteiger partial charge in [-0.15, -0.1) is 0 Å². The van der Waals surface area contributed by atoms with Crippen LogP contribution in [-0.4, -0.2) is 24.9 Å². The molecule has 3 heterocycles. The molecule has 0 radical (unpaired) electrons. The van der Waals surface area contributed by atoms with Crippen molar-refractivity contribution in [2.75, 3.05) is 0 Å². The van der Waals surface area contributed by atoms with E-state index in [0.29, 0.717) is 17.5 Å². The summed E-state index contributed by atoms with van der Waals surface area (Å²) in [5.74, 6) is 1.89. The zero-order valence-corrected chi connectivity index (χ0v) is 22.5. The Bertz CT molecular complexity index is 2160. The van der Waals surface area contributed by atoms with E-state index in [9.17, 15) is 0 Å². The first kappa shape index (κ1) is 24.0. The van der Waals surface area contributed by atoms with Crippen molar-refractivity contribution >= 4 is 32.6 Å². The number of fused-ring (bicyclic) bond motifs is 3. The molecule has 0 amide bonds. The Balaban J connectivity index is 1.25. The van der Waals surface area contributed by atoms with Crippen LogP contribution in [0.15, 0.2) is 140 Å². The number of benzene rings is 5. The fraction of sp³-hybridized carbons (Fsp3) is 0. The summed E-state index contributed by atoms with van der Waals surface area (Å²) in [6, 6.07) is 43.6. The second kappa shape index (κ2) is 9.98. The first-order valence-corrected chi connectivity index (χ1v) is 13.8. The zero-order valence-electron chi connectivity index (χ0n) is 22.5. The summed E-state index contributed by atoms with van der Waals surface area (Å²) in [6.07, 6.45) is 3.63. The van der Waals surface area contributed by atoms with Crippen molar-refractivity contribution in [1.29, 1.82) is 0 Å². The monoisotopic (exact) mass is 537 g/mol. The number of aromatic nitrogens is 5. The molecule has 42 heavy (non-hydrogen) atoms. The Labute approximate surface area is 242 Å². The van der Waals surface area contributed by atoms with Gasteiger partial charge in [-0.2, -0.15) is 0 Å². The van der Waals surface area contributed by atoms with Gasteiger partial charge in [-0.25, -0.2) is 15.0 Å². The highest BCUT2D eigenvalue weighted by Crippen LogP contribution is 2.30. The molecular formula is C37H23N5. The average molecular weight is 538 g/mol. The van der Waals surface area contributed by atoms with Crippen LogP contribution in [-0.2, 0) is 0 Å². The number of rotatable bonds is 4. The second-order valence-corrected chi connectivity index (χ2v) is 10.3. The molecular weight excluding hydrogens is 514 g/mol. The Morgan fingerprint density at radius 2 is 0.762 bits per heavy atom. The molecule has 5 heteroatoms. The van der Waals surface area contributed by atoms with Gasteiger partial charge in [-0.05, 0) is 70.4 Å². The van der Waals surface area contributed by atoms with E-state index in [0.717, 1.165) is 55.0 Å². The smallest absolute Gasteiger partial charge is 0.164 e. The minimum atomic E-state index is 0.625. The van der Waals surface area contributed by atoms with Crippen LogP contribution in [0.4, 0.5) is 0 Å².